The molecule has 30 heavy (non-hydrogen) atoms. The highest BCUT2D eigenvalue weighted by Crippen LogP contribution is 2.41. The molecule has 0 saturated carbocycles. The number of carbonyl (C=O) groups is 1. The number of nitrogens with one attached hydrogen (secondary N) is 1. The Bertz CT molecular complexity index is 1270. The highest BCUT2D eigenvalue weighted by atomic mass is 19.2. The minimum atomic E-state index is -1.02. The van der Waals surface area contributed by atoms with E-state index in [4.69, 9.17) is 0 Å². The molecule has 1 aliphatic carbocycles. The SMILES string of the molecule is Cc1c(CC(=O)N2C[C@@H]3C=C(c4ccccn4)[C@H]2C3)c(=O)[nH]c2ccc(F)c(F)c12. The molecule has 0 radical (unpaired) electrons. The molecule has 152 valence electrons. The van der Waals surface area contributed by atoms with Gasteiger partial charge in [0.15, 0.2) is 11.6 Å². The van der Waals surface area contributed by atoms with Crippen LogP contribution < -0.4 is 5.56 Å². The average molecular weight is 407 g/mol. The summed E-state index contributed by atoms with van der Waals surface area (Å²) in [6, 6.07) is 7.90. The zero-order valence-corrected chi connectivity index (χ0v) is 16.3. The van der Waals surface area contributed by atoms with Crippen molar-refractivity contribution in [1.82, 2.24) is 14.9 Å². The summed E-state index contributed by atoms with van der Waals surface area (Å²) in [5, 5.41) is 0.00872. The summed E-state index contributed by atoms with van der Waals surface area (Å²) in [5.74, 6) is -1.94. The van der Waals surface area contributed by atoms with Gasteiger partial charge in [0.25, 0.3) is 5.56 Å². The number of carbonyl (C=O) groups excluding carboxylic acids is 1. The van der Waals surface area contributed by atoms with Crippen LogP contribution in [0.4, 0.5) is 8.78 Å². The van der Waals surface area contributed by atoms with Crippen molar-refractivity contribution < 1.29 is 13.6 Å². The van der Waals surface area contributed by atoms with E-state index in [0.29, 0.717) is 12.1 Å². The Morgan fingerprint density at radius 3 is 2.83 bits per heavy atom. The van der Waals surface area contributed by atoms with Crippen LogP contribution in [-0.4, -0.2) is 33.4 Å². The fourth-order valence-corrected chi connectivity index (χ4v) is 4.72. The van der Waals surface area contributed by atoms with E-state index >= 15 is 0 Å². The maximum absolute atomic E-state index is 14.4. The second-order valence-electron chi connectivity index (χ2n) is 7.91. The molecule has 1 amide bonds. The Kier molecular flexibility index (Phi) is 4.27. The van der Waals surface area contributed by atoms with E-state index in [1.54, 1.807) is 18.0 Å². The molecule has 0 unspecified atom stereocenters. The first-order valence-corrected chi connectivity index (χ1v) is 9.86. The second kappa shape index (κ2) is 6.86. The third-order valence-corrected chi connectivity index (χ3v) is 6.16. The third kappa shape index (κ3) is 2.84. The van der Waals surface area contributed by atoms with Crippen LogP contribution in [0.1, 0.15) is 23.2 Å². The zero-order chi connectivity index (χ0) is 21.0. The molecule has 2 aliphatic rings. The monoisotopic (exact) mass is 407 g/mol. The molecule has 3 aromatic rings. The van der Waals surface area contributed by atoms with Crippen molar-refractivity contribution in [1.29, 1.82) is 0 Å². The Hall–Kier alpha value is -3.35. The molecule has 2 aromatic heterocycles. The van der Waals surface area contributed by atoms with Crippen molar-refractivity contribution in [2.24, 2.45) is 5.92 Å². The number of benzene rings is 1. The number of aromatic amines is 1. The minimum absolute atomic E-state index is 0.00872. The van der Waals surface area contributed by atoms with Gasteiger partial charge in [-0.05, 0) is 54.7 Å². The van der Waals surface area contributed by atoms with Crippen LogP contribution in [0.2, 0.25) is 0 Å². The van der Waals surface area contributed by atoms with Crippen LogP contribution in [0, 0.1) is 24.5 Å². The molecule has 1 fully saturated rings. The largest absolute Gasteiger partial charge is 0.335 e. The fraction of sp³-hybridized carbons (Fsp3) is 0.261. The van der Waals surface area contributed by atoms with Crippen molar-refractivity contribution in [3.05, 3.63) is 81.4 Å². The molecule has 5 nitrogen and oxygen atoms in total. The van der Waals surface area contributed by atoms with E-state index in [9.17, 15) is 18.4 Å². The average Bonchev–Trinajstić information content (AvgIpc) is 3.35. The van der Waals surface area contributed by atoms with Gasteiger partial charge in [-0.2, -0.15) is 0 Å². The number of likely N-dealkylation sites (tertiary alicyclic amines) is 1. The van der Waals surface area contributed by atoms with Crippen molar-refractivity contribution in [2.45, 2.75) is 25.8 Å². The summed E-state index contributed by atoms with van der Waals surface area (Å²) in [5.41, 5.74) is 2.10. The fourth-order valence-electron chi connectivity index (χ4n) is 4.72. The predicted octanol–water partition coefficient (Wildman–Crippen LogP) is 3.37. The summed E-state index contributed by atoms with van der Waals surface area (Å²) in [6.45, 7) is 2.14. The normalized spacial score (nSPS) is 20.1. The molecule has 1 aliphatic heterocycles. The smallest absolute Gasteiger partial charge is 0.252 e. The molecule has 5 rings (SSSR count). The number of halogens is 2. The molecule has 3 heterocycles. The van der Waals surface area contributed by atoms with Gasteiger partial charge in [0.2, 0.25) is 5.91 Å². The van der Waals surface area contributed by atoms with Crippen molar-refractivity contribution in [3.8, 4) is 0 Å². The number of hydrogen-bond acceptors (Lipinski definition) is 3. The van der Waals surface area contributed by atoms with Gasteiger partial charge in [-0.25, -0.2) is 8.78 Å². The number of pyridine rings is 2. The van der Waals surface area contributed by atoms with E-state index in [-0.39, 0.29) is 40.8 Å². The second-order valence-corrected chi connectivity index (χ2v) is 7.91. The number of aryl methyl sites for hydroxylation is 1. The molecule has 0 spiro atoms. The van der Waals surface area contributed by atoms with Crippen LogP contribution in [0.5, 0.6) is 0 Å². The number of hydrogen-bond donors (Lipinski definition) is 1. The van der Waals surface area contributed by atoms with Gasteiger partial charge in [-0.1, -0.05) is 12.1 Å². The standard InChI is InChI=1S/C23H19F2N3O2/c1-12-14(23(30)27-18-6-5-16(24)22(25)21(12)18)10-20(29)28-11-13-8-15(19(28)9-13)17-4-2-3-7-26-17/h2-8,13,19H,9-11H2,1H3,(H,27,30)/t13-,19-/m1/s1. The topological polar surface area (TPSA) is 66.1 Å². The van der Waals surface area contributed by atoms with Crippen molar-refractivity contribution in [3.63, 3.8) is 0 Å². The summed E-state index contributed by atoms with van der Waals surface area (Å²) >= 11 is 0. The van der Waals surface area contributed by atoms with E-state index in [2.05, 4.69) is 16.0 Å². The number of rotatable bonds is 3. The first-order valence-electron chi connectivity index (χ1n) is 9.86. The van der Waals surface area contributed by atoms with Gasteiger partial charge in [0, 0.05) is 23.7 Å². The van der Waals surface area contributed by atoms with Crippen LogP contribution in [0.3, 0.4) is 0 Å². The van der Waals surface area contributed by atoms with E-state index < -0.39 is 17.2 Å². The van der Waals surface area contributed by atoms with Gasteiger partial charge >= 0.3 is 0 Å². The van der Waals surface area contributed by atoms with Crippen LogP contribution >= 0.6 is 0 Å². The number of fused-ring (bicyclic) bond motifs is 3. The highest BCUT2D eigenvalue weighted by molar-refractivity contribution is 5.88. The Labute approximate surface area is 171 Å². The van der Waals surface area contributed by atoms with Crippen molar-refractivity contribution >= 4 is 22.4 Å². The lowest BCUT2D eigenvalue weighted by molar-refractivity contribution is -0.130. The number of amides is 1. The number of nitrogens with zero attached hydrogens (tertiary/aromatic N) is 2. The molecular weight excluding hydrogens is 388 g/mol. The first kappa shape index (κ1) is 18.7. The van der Waals surface area contributed by atoms with E-state index in [1.807, 2.05) is 18.2 Å². The lowest BCUT2D eigenvalue weighted by atomic mass is 10.00. The van der Waals surface area contributed by atoms with Gasteiger partial charge in [0.1, 0.15) is 0 Å². The van der Waals surface area contributed by atoms with Crippen molar-refractivity contribution in [2.75, 3.05) is 6.54 Å². The summed E-state index contributed by atoms with van der Waals surface area (Å²) in [4.78, 5) is 34.5. The molecule has 1 aromatic carbocycles. The van der Waals surface area contributed by atoms with Gasteiger partial charge in [-0.3, -0.25) is 14.6 Å². The minimum Gasteiger partial charge on any atom is -0.335 e. The Balaban J connectivity index is 1.47. The number of H-pyrrole nitrogens is 1. The van der Waals surface area contributed by atoms with Gasteiger partial charge in [-0.15, -0.1) is 0 Å². The Morgan fingerprint density at radius 1 is 1.27 bits per heavy atom. The third-order valence-electron chi connectivity index (χ3n) is 6.16. The molecule has 2 atom stereocenters. The molecular formula is C23H19F2N3O2. The highest BCUT2D eigenvalue weighted by Gasteiger charge is 2.42. The van der Waals surface area contributed by atoms with Crippen LogP contribution in [0.25, 0.3) is 16.5 Å². The van der Waals surface area contributed by atoms with Crippen LogP contribution in [0.15, 0.2) is 47.4 Å². The Morgan fingerprint density at radius 2 is 2.10 bits per heavy atom. The first-order chi connectivity index (χ1) is 14.4. The predicted molar refractivity (Wildman–Crippen MR) is 109 cm³/mol. The zero-order valence-electron chi connectivity index (χ0n) is 16.3. The maximum Gasteiger partial charge on any atom is 0.252 e. The van der Waals surface area contributed by atoms with Gasteiger partial charge < -0.3 is 9.88 Å². The molecule has 1 saturated heterocycles. The van der Waals surface area contributed by atoms with Crippen LogP contribution in [-0.2, 0) is 11.2 Å². The van der Waals surface area contributed by atoms with E-state index in [0.717, 1.165) is 23.8 Å². The van der Waals surface area contributed by atoms with E-state index in [1.165, 1.54) is 6.07 Å². The lowest BCUT2D eigenvalue weighted by Crippen LogP contribution is -2.39. The molecule has 1 N–H and O–H groups in total. The summed E-state index contributed by atoms with van der Waals surface area (Å²) in [6.07, 6.45) is 4.57. The number of aromatic nitrogens is 2. The molecule has 7 heteroatoms. The lowest BCUT2D eigenvalue weighted by Gasteiger charge is -2.28. The maximum atomic E-state index is 14.4. The van der Waals surface area contributed by atoms with Gasteiger partial charge in [0.05, 0.1) is 23.7 Å². The quantitative estimate of drug-likeness (QED) is 0.724. The summed E-state index contributed by atoms with van der Waals surface area (Å²) in [7, 11) is 0. The summed E-state index contributed by atoms with van der Waals surface area (Å²) < 4.78 is 28.1. The molecule has 2 bridgehead atoms.